The van der Waals surface area contributed by atoms with Gasteiger partial charge in [0.15, 0.2) is 0 Å². The first-order chi connectivity index (χ1) is 5.25. The van der Waals surface area contributed by atoms with Gasteiger partial charge in [0.1, 0.15) is 5.54 Å². The van der Waals surface area contributed by atoms with Gasteiger partial charge >= 0.3 is 5.97 Å². The van der Waals surface area contributed by atoms with Crippen molar-refractivity contribution >= 4 is 5.97 Å². The summed E-state index contributed by atoms with van der Waals surface area (Å²) in [5.41, 5.74) is 1.97. The zero-order chi connectivity index (χ0) is 8.32. The molecule has 0 atom stereocenters. The van der Waals surface area contributed by atoms with Gasteiger partial charge < -0.3 is 4.74 Å². The van der Waals surface area contributed by atoms with E-state index in [1.807, 2.05) is 0 Å². The molecule has 0 amide bonds. The van der Waals surface area contributed by atoms with Gasteiger partial charge in [0, 0.05) is 0 Å². The number of carbonyl (C=O) groups excluding carboxylic acids is 1. The van der Waals surface area contributed by atoms with E-state index in [0.29, 0.717) is 6.61 Å². The van der Waals surface area contributed by atoms with Gasteiger partial charge in [0.25, 0.3) is 0 Å². The monoisotopic (exact) mass is 158 g/mol. The number of esters is 1. The Morgan fingerprint density at radius 1 is 1.73 bits per heavy atom. The molecule has 0 unspecified atom stereocenters. The molecule has 1 aliphatic rings. The number of ether oxygens (including phenoxy) is 1. The van der Waals surface area contributed by atoms with Crippen LogP contribution in [0.1, 0.15) is 26.2 Å². The molecule has 1 saturated carbocycles. The summed E-state index contributed by atoms with van der Waals surface area (Å²) in [7, 11) is 0. The topological polar surface area (TPSA) is 64.3 Å². The van der Waals surface area contributed by atoms with Crippen molar-refractivity contribution in [3.05, 3.63) is 0 Å². The van der Waals surface area contributed by atoms with Gasteiger partial charge in [0.05, 0.1) is 6.61 Å². The van der Waals surface area contributed by atoms with Gasteiger partial charge in [-0.3, -0.25) is 5.84 Å². The Hall–Kier alpha value is -0.610. The summed E-state index contributed by atoms with van der Waals surface area (Å²) in [6.45, 7) is 2.21. The van der Waals surface area contributed by atoms with Crippen molar-refractivity contribution in [2.24, 2.45) is 5.84 Å². The van der Waals surface area contributed by atoms with E-state index in [1.165, 1.54) is 0 Å². The predicted molar refractivity (Wildman–Crippen MR) is 40.5 cm³/mol. The number of nitrogens with one attached hydrogen (secondary N) is 1. The second-order valence-corrected chi connectivity index (χ2v) is 2.80. The fraction of sp³-hybridized carbons (Fsp3) is 0.857. The van der Waals surface area contributed by atoms with Crippen molar-refractivity contribution in [3.8, 4) is 0 Å². The van der Waals surface area contributed by atoms with Crippen LogP contribution in [0.4, 0.5) is 0 Å². The van der Waals surface area contributed by atoms with Crippen LogP contribution in [0.5, 0.6) is 0 Å². The quantitative estimate of drug-likeness (QED) is 0.343. The lowest BCUT2D eigenvalue weighted by molar-refractivity contribution is -0.155. The number of carbonyl (C=O) groups is 1. The van der Waals surface area contributed by atoms with Gasteiger partial charge in [0.2, 0.25) is 0 Å². The fourth-order valence-electron chi connectivity index (χ4n) is 1.21. The Labute approximate surface area is 66.1 Å². The highest BCUT2D eigenvalue weighted by Crippen LogP contribution is 2.31. The van der Waals surface area contributed by atoms with Crippen LogP contribution < -0.4 is 11.3 Å². The summed E-state index contributed by atoms with van der Waals surface area (Å²) in [6.07, 6.45) is 2.63. The number of hydrazine groups is 1. The first-order valence-corrected chi connectivity index (χ1v) is 3.90. The average molecular weight is 158 g/mol. The minimum atomic E-state index is -0.560. The third-order valence-corrected chi connectivity index (χ3v) is 2.15. The summed E-state index contributed by atoms with van der Waals surface area (Å²) in [6, 6.07) is 0. The van der Waals surface area contributed by atoms with E-state index in [0.717, 1.165) is 19.3 Å². The van der Waals surface area contributed by atoms with E-state index in [9.17, 15) is 4.79 Å². The molecule has 1 rings (SSSR count). The first-order valence-electron chi connectivity index (χ1n) is 3.90. The van der Waals surface area contributed by atoms with Crippen LogP contribution in [-0.2, 0) is 9.53 Å². The zero-order valence-electron chi connectivity index (χ0n) is 6.72. The van der Waals surface area contributed by atoms with Crippen molar-refractivity contribution in [2.45, 2.75) is 31.7 Å². The Kier molecular flexibility index (Phi) is 2.46. The molecular weight excluding hydrogens is 144 g/mol. The van der Waals surface area contributed by atoms with Crippen molar-refractivity contribution in [2.75, 3.05) is 6.61 Å². The molecule has 1 fully saturated rings. The largest absolute Gasteiger partial charge is 0.465 e. The Morgan fingerprint density at radius 3 is 2.64 bits per heavy atom. The van der Waals surface area contributed by atoms with Gasteiger partial charge in [-0.15, -0.1) is 0 Å². The molecular formula is C7H14N2O2. The summed E-state index contributed by atoms with van der Waals surface area (Å²) in [5.74, 6) is 5.04. The molecule has 0 aromatic heterocycles. The molecule has 0 aromatic rings. The van der Waals surface area contributed by atoms with Crippen LogP contribution in [0.3, 0.4) is 0 Å². The molecule has 4 nitrogen and oxygen atoms in total. The van der Waals surface area contributed by atoms with E-state index < -0.39 is 5.54 Å². The normalized spacial score (nSPS) is 20.5. The molecule has 11 heavy (non-hydrogen) atoms. The van der Waals surface area contributed by atoms with Crippen molar-refractivity contribution in [3.63, 3.8) is 0 Å². The van der Waals surface area contributed by atoms with Gasteiger partial charge in [-0.2, -0.15) is 0 Å². The number of rotatable bonds is 3. The molecule has 0 spiro atoms. The SMILES string of the molecule is CCOC(=O)C1(NN)CCC1. The summed E-state index contributed by atoms with van der Waals surface area (Å²) in [5, 5.41) is 0. The molecule has 3 N–H and O–H groups in total. The standard InChI is InChI=1S/C7H14N2O2/c1-2-11-6(10)7(9-8)4-3-5-7/h9H,2-5,8H2,1H3. The molecule has 0 bridgehead atoms. The van der Waals surface area contributed by atoms with Crippen LogP contribution in [0.15, 0.2) is 0 Å². The van der Waals surface area contributed by atoms with Crippen LogP contribution in [0.25, 0.3) is 0 Å². The van der Waals surface area contributed by atoms with E-state index in [2.05, 4.69) is 5.43 Å². The lowest BCUT2D eigenvalue weighted by atomic mass is 9.77. The molecule has 0 saturated heterocycles. The highest BCUT2D eigenvalue weighted by molar-refractivity contribution is 5.81. The van der Waals surface area contributed by atoms with E-state index in [-0.39, 0.29) is 5.97 Å². The third-order valence-electron chi connectivity index (χ3n) is 2.15. The molecule has 4 heteroatoms. The predicted octanol–water partition coefficient (Wildman–Crippen LogP) is -0.0645. The van der Waals surface area contributed by atoms with E-state index in [1.54, 1.807) is 6.92 Å². The van der Waals surface area contributed by atoms with E-state index in [4.69, 9.17) is 10.6 Å². The maximum atomic E-state index is 11.2. The molecule has 0 aliphatic heterocycles. The highest BCUT2D eigenvalue weighted by Gasteiger charge is 2.44. The van der Waals surface area contributed by atoms with Gasteiger partial charge in [-0.25, -0.2) is 10.2 Å². The minimum Gasteiger partial charge on any atom is -0.465 e. The molecule has 1 aliphatic carbocycles. The zero-order valence-corrected chi connectivity index (χ0v) is 6.72. The minimum absolute atomic E-state index is 0.214. The Bertz CT molecular complexity index is 149. The number of hydrogen-bond acceptors (Lipinski definition) is 4. The Balaban J connectivity index is 2.47. The second kappa shape index (κ2) is 3.19. The van der Waals surface area contributed by atoms with Crippen molar-refractivity contribution < 1.29 is 9.53 Å². The van der Waals surface area contributed by atoms with Crippen molar-refractivity contribution in [1.29, 1.82) is 0 Å². The highest BCUT2D eigenvalue weighted by atomic mass is 16.5. The van der Waals surface area contributed by atoms with Crippen LogP contribution in [0.2, 0.25) is 0 Å². The average Bonchev–Trinajstić information content (AvgIpc) is 1.87. The maximum absolute atomic E-state index is 11.2. The summed E-state index contributed by atoms with van der Waals surface area (Å²) < 4.78 is 4.86. The second-order valence-electron chi connectivity index (χ2n) is 2.80. The Morgan fingerprint density at radius 2 is 2.36 bits per heavy atom. The smallest absolute Gasteiger partial charge is 0.327 e. The molecule has 64 valence electrons. The van der Waals surface area contributed by atoms with Crippen LogP contribution in [0, 0.1) is 0 Å². The van der Waals surface area contributed by atoms with Crippen LogP contribution >= 0.6 is 0 Å². The number of hydrogen-bond donors (Lipinski definition) is 2. The maximum Gasteiger partial charge on any atom is 0.327 e. The number of nitrogens with two attached hydrogens (primary N) is 1. The van der Waals surface area contributed by atoms with Gasteiger partial charge in [-0.05, 0) is 26.2 Å². The molecule has 0 aromatic carbocycles. The molecule has 0 heterocycles. The first kappa shape index (κ1) is 8.49. The van der Waals surface area contributed by atoms with Gasteiger partial charge in [-0.1, -0.05) is 0 Å². The van der Waals surface area contributed by atoms with Crippen molar-refractivity contribution in [1.82, 2.24) is 5.43 Å². The lowest BCUT2D eigenvalue weighted by Gasteiger charge is -2.38. The summed E-state index contributed by atoms with van der Waals surface area (Å²) in [4.78, 5) is 11.2. The third kappa shape index (κ3) is 1.36. The lowest BCUT2D eigenvalue weighted by Crippen LogP contribution is -2.60. The fourth-order valence-corrected chi connectivity index (χ4v) is 1.21. The van der Waals surface area contributed by atoms with E-state index >= 15 is 0 Å². The molecule has 0 radical (unpaired) electrons. The summed E-state index contributed by atoms with van der Waals surface area (Å²) >= 11 is 0. The van der Waals surface area contributed by atoms with Crippen LogP contribution in [-0.4, -0.2) is 18.1 Å².